The summed E-state index contributed by atoms with van der Waals surface area (Å²) < 4.78 is 0. The molecular formula is C13H20N2O. The number of aryl methyl sites for hydroxylation is 2. The van der Waals surface area contributed by atoms with Gasteiger partial charge in [0.1, 0.15) is 0 Å². The minimum atomic E-state index is 0.00222. The molecule has 0 aliphatic heterocycles. The quantitative estimate of drug-likeness (QED) is 0.817. The highest BCUT2D eigenvalue weighted by Crippen LogP contribution is 2.15. The van der Waals surface area contributed by atoms with Crippen LogP contribution in [0.2, 0.25) is 0 Å². The molecule has 0 aliphatic carbocycles. The SMILES string of the molecule is Cc1ccc(C)c(NC(=O)CNC(C)C)c1. The van der Waals surface area contributed by atoms with Gasteiger partial charge in [0.2, 0.25) is 5.91 Å². The molecule has 0 unspecified atom stereocenters. The van der Waals surface area contributed by atoms with Crippen LogP contribution in [0.4, 0.5) is 5.69 Å². The molecule has 3 heteroatoms. The Morgan fingerprint density at radius 2 is 2.00 bits per heavy atom. The van der Waals surface area contributed by atoms with Crippen molar-refractivity contribution in [3.05, 3.63) is 29.3 Å². The van der Waals surface area contributed by atoms with Crippen molar-refractivity contribution < 1.29 is 4.79 Å². The number of amides is 1. The molecule has 0 aliphatic rings. The Hall–Kier alpha value is -1.35. The summed E-state index contributed by atoms with van der Waals surface area (Å²) in [7, 11) is 0. The average Bonchev–Trinajstić information content (AvgIpc) is 2.20. The lowest BCUT2D eigenvalue weighted by Crippen LogP contribution is -2.32. The number of rotatable bonds is 4. The minimum absolute atomic E-state index is 0.00222. The highest BCUT2D eigenvalue weighted by Gasteiger charge is 2.05. The van der Waals surface area contributed by atoms with E-state index in [-0.39, 0.29) is 5.91 Å². The summed E-state index contributed by atoms with van der Waals surface area (Å²) in [5, 5.41) is 5.99. The third-order valence-electron chi connectivity index (χ3n) is 2.34. The fraction of sp³-hybridized carbons (Fsp3) is 0.462. The first kappa shape index (κ1) is 12.7. The Labute approximate surface area is 97.2 Å². The monoisotopic (exact) mass is 220 g/mol. The average molecular weight is 220 g/mol. The van der Waals surface area contributed by atoms with Crippen molar-refractivity contribution in [1.29, 1.82) is 0 Å². The van der Waals surface area contributed by atoms with Crippen molar-refractivity contribution in [2.45, 2.75) is 33.7 Å². The molecule has 0 radical (unpaired) electrons. The summed E-state index contributed by atoms with van der Waals surface area (Å²) in [5.74, 6) is 0.00222. The number of nitrogens with one attached hydrogen (secondary N) is 2. The largest absolute Gasteiger partial charge is 0.325 e. The van der Waals surface area contributed by atoms with E-state index in [0.717, 1.165) is 16.8 Å². The summed E-state index contributed by atoms with van der Waals surface area (Å²) in [5.41, 5.74) is 3.14. The van der Waals surface area contributed by atoms with Gasteiger partial charge in [0.25, 0.3) is 0 Å². The van der Waals surface area contributed by atoms with E-state index in [2.05, 4.69) is 10.6 Å². The van der Waals surface area contributed by atoms with Crippen LogP contribution in [0, 0.1) is 13.8 Å². The highest BCUT2D eigenvalue weighted by atomic mass is 16.1. The van der Waals surface area contributed by atoms with Gasteiger partial charge in [-0.2, -0.15) is 0 Å². The summed E-state index contributed by atoms with van der Waals surface area (Å²) >= 11 is 0. The maximum absolute atomic E-state index is 11.6. The number of anilines is 1. The van der Waals surface area contributed by atoms with Gasteiger partial charge in [0.05, 0.1) is 6.54 Å². The van der Waals surface area contributed by atoms with E-state index in [1.807, 2.05) is 45.9 Å². The molecule has 0 aromatic heterocycles. The molecule has 16 heavy (non-hydrogen) atoms. The van der Waals surface area contributed by atoms with E-state index in [9.17, 15) is 4.79 Å². The van der Waals surface area contributed by atoms with Crippen LogP contribution in [0.15, 0.2) is 18.2 Å². The Morgan fingerprint density at radius 3 is 2.62 bits per heavy atom. The van der Waals surface area contributed by atoms with Crippen LogP contribution in [0.5, 0.6) is 0 Å². The lowest BCUT2D eigenvalue weighted by molar-refractivity contribution is -0.115. The van der Waals surface area contributed by atoms with E-state index in [1.54, 1.807) is 0 Å². The van der Waals surface area contributed by atoms with E-state index in [4.69, 9.17) is 0 Å². The van der Waals surface area contributed by atoms with Gasteiger partial charge in [0.15, 0.2) is 0 Å². The Morgan fingerprint density at radius 1 is 1.31 bits per heavy atom. The molecule has 1 aromatic carbocycles. The lowest BCUT2D eigenvalue weighted by Gasteiger charge is -2.11. The van der Waals surface area contributed by atoms with Crippen molar-refractivity contribution in [3.8, 4) is 0 Å². The normalized spacial score (nSPS) is 10.6. The van der Waals surface area contributed by atoms with Crippen LogP contribution in [-0.4, -0.2) is 18.5 Å². The van der Waals surface area contributed by atoms with Gasteiger partial charge < -0.3 is 10.6 Å². The zero-order valence-corrected chi connectivity index (χ0v) is 10.4. The summed E-state index contributed by atoms with van der Waals surface area (Å²) in [6.07, 6.45) is 0. The molecule has 3 nitrogen and oxygen atoms in total. The molecule has 2 N–H and O–H groups in total. The maximum atomic E-state index is 11.6. The predicted octanol–water partition coefficient (Wildman–Crippen LogP) is 2.24. The summed E-state index contributed by atoms with van der Waals surface area (Å²) in [6, 6.07) is 6.37. The second-order valence-corrected chi connectivity index (χ2v) is 4.40. The van der Waals surface area contributed by atoms with Crippen molar-refractivity contribution in [2.24, 2.45) is 0 Å². The Balaban J connectivity index is 2.59. The number of hydrogen-bond acceptors (Lipinski definition) is 2. The second kappa shape index (κ2) is 5.66. The zero-order valence-electron chi connectivity index (χ0n) is 10.4. The van der Waals surface area contributed by atoms with Crippen LogP contribution >= 0.6 is 0 Å². The fourth-order valence-corrected chi connectivity index (χ4v) is 1.36. The Kier molecular flexibility index (Phi) is 4.50. The molecule has 1 rings (SSSR count). The molecule has 0 saturated heterocycles. The number of carbonyl (C=O) groups excluding carboxylic acids is 1. The number of carbonyl (C=O) groups is 1. The van der Waals surface area contributed by atoms with Crippen molar-refractivity contribution in [1.82, 2.24) is 5.32 Å². The van der Waals surface area contributed by atoms with Crippen LogP contribution < -0.4 is 10.6 Å². The first-order valence-corrected chi connectivity index (χ1v) is 5.59. The minimum Gasteiger partial charge on any atom is -0.325 e. The molecular weight excluding hydrogens is 200 g/mol. The molecule has 1 amide bonds. The molecule has 0 spiro atoms. The third kappa shape index (κ3) is 4.03. The number of benzene rings is 1. The zero-order chi connectivity index (χ0) is 12.1. The van der Waals surface area contributed by atoms with Crippen LogP contribution in [0.25, 0.3) is 0 Å². The summed E-state index contributed by atoms with van der Waals surface area (Å²) in [4.78, 5) is 11.6. The van der Waals surface area contributed by atoms with Gasteiger partial charge in [-0.3, -0.25) is 4.79 Å². The smallest absolute Gasteiger partial charge is 0.238 e. The lowest BCUT2D eigenvalue weighted by atomic mass is 10.1. The molecule has 0 saturated carbocycles. The molecule has 1 aromatic rings. The van der Waals surface area contributed by atoms with Crippen molar-refractivity contribution in [2.75, 3.05) is 11.9 Å². The topological polar surface area (TPSA) is 41.1 Å². The van der Waals surface area contributed by atoms with Crippen LogP contribution in [0.1, 0.15) is 25.0 Å². The van der Waals surface area contributed by atoms with E-state index in [0.29, 0.717) is 12.6 Å². The van der Waals surface area contributed by atoms with E-state index >= 15 is 0 Å². The van der Waals surface area contributed by atoms with E-state index in [1.165, 1.54) is 0 Å². The van der Waals surface area contributed by atoms with Crippen molar-refractivity contribution in [3.63, 3.8) is 0 Å². The van der Waals surface area contributed by atoms with E-state index < -0.39 is 0 Å². The summed E-state index contributed by atoms with van der Waals surface area (Å²) in [6.45, 7) is 8.40. The molecule has 0 bridgehead atoms. The van der Waals surface area contributed by atoms with Gasteiger partial charge in [-0.05, 0) is 31.0 Å². The molecule has 88 valence electrons. The third-order valence-corrected chi connectivity index (χ3v) is 2.34. The van der Waals surface area contributed by atoms with Crippen molar-refractivity contribution >= 4 is 11.6 Å². The fourth-order valence-electron chi connectivity index (χ4n) is 1.36. The second-order valence-electron chi connectivity index (χ2n) is 4.40. The van der Waals surface area contributed by atoms with Crippen LogP contribution in [0.3, 0.4) is 0 Å². The number of hydrogen-bond donors (Lipinski definition) is 2. The van der Waals surface area contributed by atoms with Gasteiger partial charge in [-0.25, -0.2) is 0 Å². The van der Waals surface area contributed by atoms with Gasteiger partial charge in [-0.15, -0.1) is 0 Å². The highest BCUT2D eigenvalue weighted by molar-refractivity contribution is 5.93. The van der Waals surface area contributed by atoms with Crippen LogP contribution in [-0.2, 0) is 4.79 Å². The van der Waals surface area contributed by atoms with Gasteiger partial charge in [-0.1, -0.05) is 26.0 Å². The Bertz CT molecular complexity index is 372. The molecule has 0 heterocycles. The molecule has 0 fully saturated rings. The molecule has 0 atom stereocenters. The predicted molar refractivity (Wildman–Crippen MR) is 67.7 cm³/mol. The van der Waals surface area contributed by atoms with Gasteiger partial charge >= 0.3 is 0 Å². The maximum Gasteiger partial charge on any atom is 0.238 e. The first-order valence-electron chi connectivity index (χ1n) is 5.59. The first-order chi connectivity index (χ1) is 7.49. The standard InChI is InChI=1S/C13H20N2O/c1-9(2)14-8-13(16)15-12-7-10(3)5-6-11(12)4/h5-7,9,14H,8H2,1-4H3,(H,15,16). The van der Waals surface area contributed by atoms with Gasteiger partial charge in [0, 0.05) is 11.7 Å².